The van der Waals surface area contributed by atoms with Crippen molar-refractivity contribution in [2.24, 2.45) is 5.92 Å². The smallest absolute Gasteiger partial charge is 0.213 e. The van der Waals surface area contributed by atoms with Gasteiger partial charge in [-0.25, -0.2) is 4.98 Å². The van der Waals surface area contributed by atoms with Gasteiger partial charge in [-0.3, -0.25) is 4.79 Å². The molecule has 21 heavy (non-hydrogen) atoms. The molecule has 0 bridgehead atoms. The minimum absolute atomic E-state index is 0.564. The molecule has 3 rings (SSSR count). The lowest BCUT2D eigenvalue weighted by atomic mass is 9.80. The van der Waals surface area contributed by atoms with Crippen molar-refractivity contribution in [1.29, 1.82) is 0 Å². The van der Waals surface area contributed by atoms with Crippen molar-refractivity contribution >= 4 is 22.6 Å². The summed E-state index contributed by atoms with van der Waals surface area (Å²) in [5.41, 5.74) is 1.38. The van der Waals surface area contributed by atoms with Gasteiger partial charge < -0.3 is 0 Å². The number of hydrogen-bond donors (Lipinski definition) is 0. The van der Waals surface area contributed by atoms with E-state index >= 15 is 0 Å². The van der Waals surface area contributed by atoms with E-state index in [0.29, 0.717) is 11.6 Å². The summed E-state index contributed by atoms with van der Waals surface area (Å²) in [6.07, 6.45) is 10.0. The topological polar surface area (TPSA) is 47.3 Å². The summed E-state index contributed by atoms with van der Waals surface area (Å²) in [6, 6.07) is 0. The van der Waals surface area contributed by atoms with Gasteiger partial charge in [-0.05, 0) is 38.5 Å². The van der Waals surface area contributed by atoms with Gasteiger partial charge in [0.15, 0.2) is 6.29 Å². The van der Waals surface area contributed by atoms with E-state index in [0.717, 1.165) is 27.9 Å². The molecule has 0 atom stereocenters. The maximum absolute atomic E-state index is 11.1. The summed E-state index contributed by atoms with van der Waals surface area (Å²) in [5, 5.41) is 5.82. The summed E-state index contributed by atoms with van der Waals surface area (Å²) in [4.78, 5) is 16.4. The second kappa shape index (κ2) is 6.26. The molecule has 2 heterocycles. The van der Waals surface area contributed by atoms with Gasteiger partial charge in [0.1, 0.15) is 10.7 Å². The average molecular weight is 305 g/mol. The number of aldehydes is 1. The van der Waals surface area contributed by atoms with E-state index in [1.807, 2.05) is 6.92 Å². The van der Waals surface area contributed by atoms with Crippen LogP contribution in [-0.2, 0) is 0 Å². The maximum Gasteiger partial charge on any atom is 0.213 e. The molecule has 5 heteroatoms. The Morgan fingerprint density at radius 3 is 2.76 bits per heavy atom. The summed E-state index contributed by atoms with van der Waals surface area (Å²) in [6.45, 7) is 4.13. The summed E-state index contributed by atoms with van der Waals surface area (Å²) in [5.74, 6) is 1.48. The number of carbonyl (C=O) groups is 1. The monoisotopic (exact) mass is 305 g/mol. The van der Waals surface area contributed by atoms with Crippen LogP contribution < -0.4 is 0 Å². The van der Waals surface area contributed by atoms with Crippen LogP contribution in [0, 0.1) is 12.8 Å². The Morgan fingerprint density at radius 1 is 1.33 bits per heavy atom. The molecule has 1 aliphatic carbocycles. The third kappa shape index (κ3) is 2.89. The van der Waals surface area contributed by atoms with Crippen LogP contribution in [0.15, 0.2) is 0 Å². The fourth-order valence-electron chi connectivity index (χ4n) is 3.37. The van der Waals surface area contributed by atoms with Crippen LogP contribution in [-0.4, -0.2) is 20.9 Å². The van der Waals surface area contributed by atoms with E-state index in [-0.39, 0.29) is 0 Å². The molecule has 0 spiro atoms. The largest absolute Gasteiger partial charge is 0.296 e. The number of unbranched alkanes of at least 4 members (excludes halogenated alkanes) is 1. The molecule has 1 saturated carbocycles. The van der Waals surface area contributed by atoms with Crippen molar-refractivity contribution in [3.63, 3.8) is 0 Å². The third-order valence-electron chi connectivity index (χ3n) is 4.71. The average Bonchev–Trinajstić information content (AvgIpc) is 3.02. The number of hydrogen-bond acceptors (Lipinski definition) is 4. The number of imidazole rings is 1. The predicted molar refractivity (Wildman–Crippen MR) is 85.2 cm³/mol. The molecule has 0 aliphatic heterocycles. The van der Waals surface area contributed by atoms with Gasteiger partial charge in [-0.15, -0.1) is 0 Å². The molecule has 0 N–H and O–H groups in total. The van der Waals surface area contributed by atoms with E-state index in [1.165, 1.54) is 44.9 Å². The minimum atomic E-state index is 0.564. The molecule has 0 saturated heterocycles. The Kier molecular flexibility index (Phi) is 4.38. The zero-order chi connectivity index (χ0) is 14.8. The molecule has 4 nitrogen and oxygen atoms in total. The zero-order valence-electron chi connectivity index (χ0n) is 12.8. The predicted octanol–water partition coefficient (Wildman–Crippen LogP) is 4.38. The van der Waals surface area contributed by atoms with Crippen LogP contribution in [0.3, 0.4) is 0 Å². The minimum Gasteiger partial charge on any atom is -0.296 e. The fraction of sp³-hybridized carbons (Fsp3) is 0.688. The van der Waals surface area contributed by atoms with E-state index in [9.17, 15) is 4.79 Å². The first kappa shape index (κ1) is 14.7. The van der Waals surface area contributed by atoms with Crippen molar-refractivity contribution in [3.05, 3.63) is 16.4 Å². The molecule has 2 aromatic heterocycles. The molecular weight excluding hydrogens is 282 g/mol. The van der Waals surface area contributed by atoms with Gasteiger partial charge in [0.05, 0.1) is 5.69 Å². The van der Waals surface area contributed by atoms with Crippen molar-refractivity contribution < 1.29 is 4.79 Å². The lowest BCUT2D eigenvalue weighted by Crippen LogP contribution is -2.13. The highest BCUT2D eigenvalue weighted by molar-refractivity contribution is 7.16. The molecule has 0 unspecified atom stereocenters. The Morgan fingerprint density at radius 2 is 2.10 bits per heavy atom. The van der Waals surface area contributed by atoms with Crippen LogP contribution >= 0.6 is 11.3 Å². The van der Waals surface area contributed by atoms with Crippen molar-refractivity contribution in [2.75, 3.05) is 0 Å². The van der Waals surface area contributed by atoms with E-state index in [2.05, 4.69) is 17.0 Å². The molecule has 0 aromatic carbocycles. The second-order valence-electron chi connectivity index (χ2n) is 6.19. The van der Waals surface area contributed by atoms with E-state index < -0.39 is 0 Å². The fourth-order valence-corrected chi connectivity index (χ4v) is 4.49. The second-order valence-corrected chi connectivity index (χ2v) is 7.18. The first-order valence-corrected chi connectivity index (χ1v) is 8.85. The Balaban J connectivity index is 1.71. The quantitative estimate of drug-likeness (QED) is 0.770. The van der Waals surface area contributed by atoms with Crippen LogP contribution in [0.2, 0.25) is 0 Å². The van der Waals surface area contributed by atoms with Gasteiger partial charge in [0, 0.05) is 5.92 Å². The van der Waals surface area contributed by atoms with Gasteiger partial charge in [0.2, 0.25) is 4.96 Å². The molecule has 2 aromatic rings. The molecular formula is C16H23N3OS. The highest BCUT2D eigenvalue weighted by Crippen LogP contribution is 2.39. The normalized spacial score (nSPS) is 22.8. The first-order chi connectivity index (χ1) is 10.2. The van der Waals surface area contributed by atoms with Crippen LogP contribution in [0.5, 0.6) is 0 Å². The highest BCUT2D eigenvalue weighted by Gasteiger charge is 2.25. The van der Waals surface area contributed by atoms with Gasteiger partial charge in [0.25, 0.3) is 0 Å². The van der Waals surface area contributed by atoms with Gasteiger partial charge >= 0.3 is 0 Å². The van der Waals surface area contributed by atoms with Crippen LogP contribution in [0.1, 0.15) is 79.0 Å². The van der Waals surface area contributed by atoms with Gasteiger partial charge in [-0.1, -0.05) is 37.5 Å². The zero-order valence-corrected chi connectivity index (χ0v) is 13.7. The summed E-state index contributed by atoms with van der Waals surface area (Å²) in [7, 11) is 0. The highest BCUT2D eigenvalue weighted by atomic mass is 32.1. The van der Waals surface area contributed by atoms with Crippen molar-refractivity contribution in [2.45, 2.75) is 64.7 Å². The lowest BCUT2D eigenvalue weighted by molar-refractivity contribution is 0.111. The van der Waals surface area contributed by atoms with Crippen molar-refractivity contribution in [3.8, 4) is 0 Å². The molecule has 0 amide bonds. The maximum atomic E-state index is 11.1. The molecule has 114 valence electrons. The van der Waals surface area contributed by atoms with E-state index in [4.69, 9.17) is 0 Å². The number of aromatic nitrogens is 3. The van der Waals surface area contributed by atoms with Crippen LogP contribution in [0.25, 0.3) is 4.96 Å². The van der Waals surface area contributed by atoms with E-state index in [1.54, 1.807) is 15.9 Å². The first-order valence-electron chi connectivity index (χ1n) is 8.04. The summed E-state index contributed by atoms with van der Waals surface area (Å²) < 4.78 is 1.73. The number of rotatable bonds is 5. The Bertz CT molecular complexity index is 623. The third-order valence-corrected chi connectivity index (χ3v) is 5.78. The number of carbonyl (C=O) groups excluding carboxylic acids is 1. The number of nitrogens with zero attached hydrogens (tertiary/aromatic N) is 3. The molecule has 1 fully saturated rings. The molecule has 0 radical (unpaired) electrons. The number of aryl methyl sites for hydroxylation is 1. The van der Waals surface area contributed by atoms with Crippen molar-refractivity contribution in [1.82, 2.24) is 14.6 Å². The molecule has 1 aliphatic rings. The SMILES string of the molecule is CCCCC1CCC(c2nn3c(C=O)c(C)nc3s2)CC1. The lowest BCUT2D eigenvalue weighted by Gasteiger charge is -2.26. The van der Waals surface area contributed by atoms with Crippen LogP contribution in [0.4, 0.5) is 0 Å². The Labute approximate surface area is 129 Å². The number of fused-ring (bicyclic) bond motifs is 1. The standard InChI is InChI=1S/C16H23N3OS/c1-3-4-5-12-6-8-13(9-7-12)15-18-19-14(10-20)11(2)17-16(19)21-15/h10,12-13H,3-9H2,1-2H3. The Hall–Kier alpha value is -1.23. The van der Waals surface area contributed by atoms with Gasteiger partial charge in [-0.2, -0.15) is 9.61 Å². The summed E-state index contributed by atoms with van der Waals surface area (Å²) >= 11 is 1.66.